The summed E-state index contributed by atoms with van der Waals surface area (Å²) in [5, 5.41) is 4.04. The third kappa shape index (κ3) is 3.17. The van der Waals surface area contributed by atoms with Gasteiger partial charge >= 0.3 is 0 Å². The molecule has 0 atom stereocenters. The van der Waals surface area contributed by atoms with Crippen molar-refractivity contribution in [3.63, 3.8) is 0 Å². The molecule has 1 N–H and O–H groups in total. The lowest BCUT2D eigenvalue weighted by molar-refractivity contribution is 0.0947. The van der Waals surface area contributed by atoms with Crippen LogP contribution >= 0.6 is 11.3 Å². The van der Waals surface area contributed by atoms with E-state index in [-0.39, 0.29) is 11.9 Å². The number of anilines is 1. The van der Waals surface area contributed by atoms with Gasteiger partial charge in [0, 0.05) is 19.1 Å². The summed E-state index contributed by atoms with van der Waals surface area (Å²) in [6.45, 7) is 9.96. The van der Waals surface area contributed by atoms with Crippen LogP contribution in [0.2, 0.25) is 0 Å². The summed E-state index contributed by atoms with van der Waals surface area (Å²) >= 11 is 1.48. The zero-order valence-electron chi connectivity index (χ0n) is 14.3. The molecular weight excluding hydrogens is 308 g/mol. The smallest absolute Gasteiger partial charge is 0.261 e. The van der Waals surface area contributed by atoms with Crippen LogP contribution in [0.5, 0.6) is 0 Å². The highest BCUT2D eigenvalue weighted by Gasteiger charge is 2.23. The van der Waals surface area contributed by atoms with E-state index in [0.29, 0.717) is 0 Å². The van der Waals surface area contributed by atoms with Crippen LogP contribution in [0.3, 0.4) is 0 Å². The van der Waals surface area contributed by atoms with E-state index < -0.39 is 0 Å². The third-order valence-corrected chi connectivity index (χ3v) is 5.35. The molecule has 2 aromatic heterocycles. The number of hydrogen-bond acceptors (Lipinski definition) is 5. The summed E-state index contributed by atoms with van der Waals surface area (Å²) in [5.41, 5.74) is 1.00. The molecule has 1 saturated heterocycles. The Morgan fingerprint density at radius 2 is 1.87 bits per heavy atom. The van der Waals surface area contributed by atoms with Crippen LogP contribution in [0.15, 0.2) is 0 Å². The zero-order valence-corrected chi connectivity index (χ0v) is 15.1. The van der Waals surface area contributed by atoms with E-state index in [1.807, 2.05) is 27.7 Å². The van der Waals surface area contributed by atoms with E-state index in [1.54, 1.807) is 0 Å². The van der Waals surface area contributed by atoms with Gasteiger partial charge in [-0.05, 0) is 52.5 Å². The van der Waals surface area contributed by atoms with Gasteiger partial charge in [0.1, 0.15) is 16.5 Å². The van der Waals surface area contributed by atoms with Gasteiger partial charge in [0.25, 0.3) is 5.91 Å². The topological polar surface area (TPSA) is 58.1 Å². The van der Waals surface area contributed by atoms with Gasteiger partial charge in [0.15, 0.2) is 0 Å². The second-order valence-electron chi connectivity index (χ2n) is 6.51. The Morgan fingerprint density at radius 1 is 1.17 bits per heavy atom. The number of carbonyl (C=O) groups excluding carboxylic acids is 1. The molecule has 1 aliphatic rings. The Morgan fingerprint density at radius 3 is 2.52 bits per heavy atom. The molecule has 0 spiro atoms. The van der Waals surface area contributed by atoms with Crippen LogP contribution in [0.4, 0.5) is 5.82 Å². The number of fused-ring (bicyclic) bond motifs is 1. The molecule has 0 aromatic carbocycles. The first-order valence-electron chi connectivity index (χ1n) is 8.31. The van der Waals surface area contributed by atoms with Gasteiger partial charge in [0.2, 0.25) is 0 Å². The summed E-state index contributed by atoms with van der Waals surface area (Å²) in [4.78, 5) is 25.8. The summed E-state index contributed by atoms with van der Waals surface area (Å²) in [7, 11) is 0. The number of nitrogens with zero attached hydrogens (tertiary/aromatic N) is 3. The maximum Gasteiger partial charge on any atom is 0.261 e. The quantitative estimate of drug-likeness (QED) is 0.935. The summed E-state index contributed by atoms with van der Waals surface area (Å²) < 4.78 is 0. The highest BCUT2D eigenvalue weighted by Crippen LogP contribution is 2.36. The lowest BCUT2D eigenvalue weighted by Gasteiger charge is -2.28. The Balaban J connectivity index is 2.10. The number of rotatable bonds is 3. The minimum Gasteiger partial charge on any atom is -0.356 e. The molecule has 0 aliphatic carbocycles. The lowest BCUT2D eigenvalue weighted by Crippen LogP contribution is -2.31. The maximum atomic E-state index is 12.5. The number of aromatic nitrogens is 2. The summed E-state index contributed by atoms with van der Waals surface area (Å²) in [6.07, 6.45) is 3.69. The number of aryl methyl sites for hydroxylation is 2. The predicted molar refractivity (Wildman–Crippen MR) is 95.6 cm³/mol. The lowest BCUT2D eigenvalue weighted by atomic mass is 10.1. The van der Waals surface area contributed by atoms with Crippen LogP contribution in [-0.4, -0.2) is 35.0 Å². The third-order valence-electron chi connectivity index (χ3n) is 4.16. The monoisotopic (exact) mass is 332 g/mol. The van der Waals surface area contributed by atoms with E-state index >= 15 is 0 Å². The number of carbonyl (C=O) groups is 1. The fraction of sp³-hybridized carbons (Fsp3) is 0.588. The van der Waals surface area contributed by atoms with Crippen LogP contribution < -0.4 is 10.2 Å². The highest BCUT2D eigenvalue weighted by atomic mass is 32.1. The Hall–Kier alpha value is -1.69. The second-order valence-corrected chi connectivity index (χ2v) is 7.51. The molecule has 2 aromatic rings. The minimum absolute atomic E-state index is 0.0113. The molecule has 5 nitrogen and oxygen atoms in total. The fourth-order valence-corrected chi connectivity index (χ4v) is 4.22. The second kappa shape index (κ2) is 6.43. The first-order chi connectivity index (χ1) is 11.0. The van der Waals surface area contributed by atoms with Crippen molar-refractivity contribution >= 4 is 33.3 Å². The molecule has 0 saturated carbocycles. The molecule has 1 aliphatic heterocycles. The molecular formula is C17H24N4OS. The van der Waals surface area contributed by atoms with Gasteiger partial charge in [-0.2, -0.15) is 0 Å². The Labute approximate surface area is 141 Å². The largest absolute Gasteiger partial charge is 0.356 e. The molecule has 1 amide bonds. The number of piperidine rings is 1. The molecule has 124 valence electrons. The van der Waals surface area contributed by atoms with Crippen molar-refractivity contribution in [2.24, 2.45) is 0 Å². The van der Waals surface area contributed by atoms with Gasteiger partial charge in [-0.1, -0.05) is 0 Å². The average Bonchev–Trinajstić information content (AvgIpc) is 2.83. The summed E-state index contributed by atoms with van der Waals surface area (Å²) in [5.74, 6) is 1.77. The number of amides is 1. The van der Waals surface area contributed by atoms with Crippen molar-refractivity contribution in [3.8, 4) is 0 Å². The molecule has 6 heteroatoms. The predicted octanol–water partition coefficient (Wildman–Crippen LogP) is 3.44. The van der Waals surface area contributed by atoms with Crippen molar-refractivity contribution in [1.82, 2.24) is 15.3 Å². The SMILES string of the molecule is Cc1nc(N2CCCCC2)c2c(C)c(C(=O)NC(C)C)sc2n1. The van der Waals surface area contributed by atoms with Gasteiger partial charge in [-0.15, -0.1) is 11.3 Å². The van der Waals surface area contributed by atoms with Gasteiger partial charge < -0.3 is 10.2 Å². The van der Waals surface area contributed by atoms with E-state index in [2.05, 4.69) is 15.2 Å². The molecule has 1 fully saturated rings. The molecule has 3 heterocycles. The molecule has 23 heavy (non-hydrogen) atoms. The van der Waals surface area contributed by atoms with Gasteiger partial charge in [0.05, 0.1) is 10.3 Å². The summed E-state index contributed by atoms with van der Waals surface area (Å²) in [6, 6.07) is 0.126. The Bertz CT molecular complexity index is 732. The van der Waals surface area contributed by atoms with E-state index in [4.69, 9.17) is 4.98 Å². The minimum atomic E-state index is -0.0113. The highest BCUT2D eigenvalue weighted by molar-refractivity contribution is 7.20. The molecule has 0 unspecified atom stereocenters. The van der Waals surface area contributed by atoms with Crippen molar-refractivity contribution in [3.05, 3.63) is 16.3 Å². The normalized spacial score (nSPS) is 15.4. The van der Waals surface area contributed by atoms with Gasteiger partial charge in [-0.25, -0.2) is 9.97 Å². The standard InChI is InChI=1S/C17H24N4OS/c1-10(2)18-16(22)14-11(3)13-15(21-8-6-5-7-9-21)19-12(4)20-17(13)23-14/h10H,5-9H2,1-4H3,(H,18,22). The average molecular weight is 332 g/mol. The van der Waals surface area contributed by atoms with Crippen molar-refractivity contribution < 1.29 is 4.79 Å². The number of nitrogens with one attached hydrogen (secondary N) is 1. The van der Waals surface area contributed by atoms with E-state index in [9.17, 15) is 4.79 Å². The van der Waals surface area contributed by atoms with Crippen molar-refractivity contribution in [2.45, 2.75) is 53.0 Å². The van der Waals surface area contributed by atoms with E-state index in [0.717, 1.165) is 45.4 Å². The van der Waals surface area contributed by atoms with Crippen LogP contribution in [0.1, 0.15) is 54.2 Å². The first kappa shape index (κ1) is 16.2. The van der Waals surface area contributed by atoms with Gasteiger partial charge in [-0.3, -0.25) is 4.79 Å². The maximum absolute atomic E-state index is 12.5. The molecule has 0 bridgehead atoms. The Kier molecular flexibility index (Phi) is 4.53. The number of hydrogen-bond donors (Lipinski definition) is 1. The fourth-order valence-electron chi connectivity index (χ4n) is 3.10. The molecule has 0 radical (unpaired) electrons. The molecule has 3 rings (SSSR count). The van der Waals surface area contributed by atoms with Crippen molar-refractivity contribution in [2.75, 3.05) is 18.0 Å². The number of thiophene rings is 1. The first-order valence-corrected chi connectivity index (χ1v) is 9.12. The zero-order chi connectivity index (χ0) is 16.6. The van der Waals surface area contributed by atoms with Crippen molar-refractivity contribution in [1.29, 1.82) is 0 Å². The van der Waals surface area contributed by atoms with E-state index in [1.165, 1.54) is 30.6 Å². The van der Waals surface area contributed by atoms with Crippen LogP contribution in [0.25, 0.3) is 10.2 Å². The van der Waals surface area contributed by atoms with Crippen LogP contribution in [-0.2, 0) is 0 Å². The van der Waals surface area contributed by atoms with Crippen LogP contribution in [0, 0.1) is 13.8 Å².